The maximum atomic E-state index is 12.3. The zero-order valence-corrected chi connectivity index (χ0v) is 14.6. The molecule has 0 radical (unpaired) electrons. The third-order valence-electron chi connectivity index (χ3n) is 3.72. The summed E-state index contributed by atoms with van der Waals surface area (Å²) in [5.41, 5.74) is 1.76. The summed E-state index contributed by atoms with van der Waals surface area (Å²) in [6.07, 6.45) is 0.715. The molecule has 0 aromatic heterocycles. The number of anilines is 1. The Morgan fingerprint density at radius 2 is 1.67 bits per heavy atom. The number of sulfonamides is 1. The lowest BCUT2D eigenvalue weighted by Gasteiger charge is -2.13. The van der Waals surface area contributed by atoms with Crippen LogP contribution in [0.1, 0.15) is 31.7 Å². The molecule has 1 amide bonds. The highest BCUT2D eigenvalue weighted by Crippen LogP contribution is 2.18. The van der Waals surface area contributed by atoms with Gasteiger partial charge in [-0.1, -0.05) is 37.3 Å². The molecular formula is C18H22N2O3S. The Labute approximate surface area is 143 Å². The second kappa shape index (κ2) is 8.08. The number of hydrogen-bond donors (Lipinski definition) is 2. The molecule has 0 fully saturated rings. The van der Waals surface area contributed by atoms with Crippen molar-refractivity contribution in [1.82, 2.24) is 4.72 Å². The summed E-state index contributed by atoms with van der Waals surface area (Å²) in [7, 11) is -3.55. The van der Waals surface area contributed by atoms with Crippen molar-refractivity contribution in [2.75, 3.05) is 11.9 Å². The van der Waals surface area contributed by atoms with Gasteiger partial charge in [0.1, 0.15) is 0 Å². The van der Waals surface area contributed by atoms with Gasteiger partial charge in [-0.15, -0.1) is 0 Å². The van der Waals surface area contributed by atoms with Crippen LogP contribution in [-0.2, 0) is 14.8 Å². The van der Waals surface area contributed by atoms with Gasteiger partial charge in [-0.2, -0.15) is 0 Å². The summed E-state index contributed by atoms with van der Waals surface area (Å²) in [4.78, 5) is 11.2. The Hall–Kier alpha value is -2.18. The van der Waals surface area contributed by atoms with Gasteiger partial charge in [-0.25, -0.2) is 13.1 Å². The molecule has 2 rings (SSSR count). The van der Waals surface area contributed by atoms with Gasteiger partial charge in [-0.05, 0) is 42.2 Å². The molecular weight excluding hydrogens is 324 g/mol. The number of rotatable bonds is 7. The third-order valence-corrected chi connectivity index (χ3v) is 5.20. The summed E-state index contributed by atoms with van der Waals surface area (Å²) in [6.45, 7) is 3.85. The monoisotopic (exact) mass is 346 g/mol. The first-order valence-corrected chi connectivity index (χ1v) is 9.29. The summed E-state index contributed by atoms with van der Waals surface area (Å²) in [6, 6.07) is 16.1. The number of nitrogens with one attached hydrogen (secondary N) is 2. The molecule has 0 aliphatic rings. The van der Waals surface area contributed by atoms with E-state index in [0.29, 0.717) is 18.7 Å². The number of carbonyl (C=O) groups excluding carboxylic acids is 1. The van der Waals surface area contributed by atoms with E-state index in [9.17, 15) is 13.2 Å². The number of carbonyl (C=O) groups is 1. The van der Waals surface area contributed by atoms with E-state index in [-0.39, 0.29) is 16.7 Å². The van der Waals surface area contributed by atoms with E-state index in [4.69, 9.17) is 0 Å². The molecule has 0 saturated carbocycles. The Bertz CT molecular complexity index is 772. The molecule has 0 aliphatic carbocycles. The molecule has 6 heteroatoms. The van der Waals surface area contributed by atoms with E-state index in [0.717, 1.165) is 0 Å². The summed E-state index contributed by atoms with van der Waals surface area (Å²) in [5.74, 6) is 0.0784. The lowest BCUT2D eigenvalue weighted by molar-refractivity contribution is -0.114. The molecule has 2 aromatic rings. The third kappa shape index (κ3) is 5.18. The quantitative estimate of drug-likeness (QED) is 0.809. The van der Waals surface area contributed by atoms with Gasteiger partial charge in [0.15, 0.2) is 0 Å². The van der Waals surface area contributed by atoms with Crippen LogP contribution in [0.3, 0.4) is 0 Å². The van der Waals surface area contributed by atoms with E-state index < -0.39 is 10.0 Å². The predicted octanol–water partition coefficient (Wildman–Crippen LogP) is 3.12. The van der Waals surface area contributed by atoms with Crippen LogP contribution in [0, 0.1) is 0 Å². The largest absolute Gasteiger partial charge is 0.326 e. The van der Waals surface area contributed by atoms with E-state index in [1.54, 1.807) is 12.1 Å². The average molecular weight is 346 g/mol. The molecule has 0 aliphatic heterocycles. The van der Waals surface area contributed by atoms with Crippen molar-refractivity contribution in [3.05, 3.63) is 60.2 Å². The molecule has 2 N–H and O–H groups in total. The van der Waals surface area contributed by atoms with Gasteiger partial charge in [0.25, 0.3) is 0 Å². The van der Waals surface area contributed by atoms with Gasteiger partial charge in [-0.3, -0.25) is 4.79 Å². The first-order valence-electron chi connectivity index (χ1n) is 7.81. The Kier molecular flexibility index (Phi) is 6.11. The molecule has 0 saturated heterocycles. The van der Waals surface area contributed by atoms with E-state index in [1.165, 1.54) is 24.6 Å². The van der Waals surface area contributed by atoms with Crippen LogP contribution < -0.4 is 10.0 Å². The van der Waals surface area contributed by atoms with Crippen LogP contribution in [0.2, 0.25) is 0 Å². The van der Waals surface area contributed by atoms with Gasteiger partial charge in [0.2, 0.25) is 15.9 Å². The molecule has 0 heterocycles. The minimum atomic E-state index is -3.55. The second-order valence-electron chi connectivity index (χ2n) is 5.70. The summed E-state index contributed by atoms with van der Waals surface area (Å²) in [5, 5.41) is 2.61. The van der Waals surface area contributed by atoms with Crippen LogP contribution in [0.4, 0.5) is 5.69 Å². The molecule has 0 spiro atoms. The minimum Gasteiger partial charge on any atom is -0.326 e. The lowest BCUT2D eigenvalue weighted by Crippen LogP contribution is -2.25. The second-order valence-corrected chi connectivity index (χ2v) is 7.47. The smallest absolute Gasteiger partial charge is 0.240 e. The van der Waals surface area contributed by atoms with Crippen LogP contribution in [0.25, 0.3) is 0 Å². The van der Waals surface area contributed by atoms with E-state index >= 15 is 0 Å². The lowest BCUT2D eigenvalue weighted by atomic mass is 9.98. The maximum Gasteiger partial charge on any atom is 0.240 e. The zero-order valence-electron chi connectivity index (χ0n) is 13.8. The fourth-order valence-electron chi connectivity index (χ4n) is 2.36. The molecule has 5 nitrogen and oxygen atoms in total. The fraction of sp³-hybridized carbons (Fsp3) is 0.278. The average Bonchev–Trinajstić information content (AvgIpc) is 2.55. The summed E-state index contributed by atoms with van der Waals surface area (Å²) >= 11 is 0. The van der Waals surface area contributed by atoms with Crippen molar-refractivity contribution in [1.29, 1.82) is 0 Å². The van der Waals surface area contributed by atoms with Gasteiger partial charge < -0.3 is 5.32 Å². The normalized spacial score (nSPS) is 12.6. The minimum absolute atomic E-state index is 0.184. The van der Waals surface area contributed by atoms with Gasteiger partial charge >= 0.3 is 0 Å². The van der Waals surface area contributed by atoms with Crippen molar-refractivity contribution < 1.29 is 13.2 Å². The highest BCUT2D eigenvalue weighted by atomic mass is 32.2. The fourth-order valence-corrected chi connectivity index (χ4v) is 3.41. The van der Waals surface area contributed by atoms with Crippen molar-refractivity contribution >= 4 is 21.6 Å². The molecule has 24 heavy (non-hydrogen) atoms. The number of benzene rings is 2. The predicted molar refractivity (Wildman–Crippen MR) is 95.4 cm³/mol. The maximum absolute atomic E-state index is 12.3. The van der Waals surface area contributed by atoms with Crippen molar-refractivity contribution in [2.24, 2.45) is 0 Å². The van der Waals surface area contributed by atoms with Crippen LogP contribution in [0.15, 0.2) is 59.5 Å². The molecule has 1 unspecified atom stereocenters. The Morgan fingerprint density at radius 3 is 2.25 bits per heavy atom. The Morgan fingerprint density at radius 1 is 1.04 bits per heavy atom. The van der Waals surface area contributed by atoms with Gasteiger partial charge in [0, 0.05) is 19.2 Å². The zero-order chi connectivity index (χ0) is 17.6. The van der Waals surface area contributed by atoms with E-state index in [2.05, 4.69) is 17.0 Å². The molecule has 1 atom stereocenters. The van der Waals surface area contributed by atoms with Crippen LogP contribution in [0.5, 0.6) is 0 Å². The standard InChI is InChI=1S/C18H22N2O3S/c1-14(16-6-4-3-5-7-16)12-13-19-24(22,23)18-10-8-17(9-11-18)20-15(2)21/h3-11,14,19H,12-13H2,1-2H3,(H,20,21). The molecule has 0 bridgehead atoms. The molecule has 128 valence electrons. The Balaban J connectivity index is 1.92. The van der Waals surface area contributed by atoms with Crippen molar-refractivity contribution in [2.45, 2.75) is 31.1 Å². The molecule has 2 aromatic carbocycles. The van der Waals surface area contributed by atoms with Crippen LogP contribution >= 0.6 is 0 Å². The van der Waals surface area contributed by atoms with E-state index in [1.807, 2.05) is 30.3 Å². The highest BCUT2D eigenvalue weighted by molar-refractivity contribution is 7.89. The first-order chi connectivity index (χ1) is 11.4. The highest BCUT2D eigenvalue weighted by Gasteiger charge is 2.14. The first kappa shape index (κ1) is 18.2. The topological polar surface area (TPSA) is 75.3 Å². The SMILES string of the molecule is CC(=O)Nc1ccc(S(=O)(=O)NCCC(C)c2ccccc2)cc1. The van der Waals surface area contributed by atoms with Crippen LogP contribution in [-0.4, -0.2) is 20.9 Å². The summed E-state index contributed by atoms with van der Waals surface area (Å²) < 4.78 is 27.2. The number of amides is 1. The van der Waals surface area contributed by atoms with Gasteiger partial charge in [0.05, 0.1) is 4.90 Å². The van der Waals surface area contributed by atoms with Crippen molar-refractivity contribution in [3.8, 4) is 0 Å². The van der Waals surface area contributed by atoms with Crippen molar-refractivity contribution in [3.63, 3.8) is 0 Å². The number of hydrogen-bond acceptors (Lipinski definition) is 3.